The summed E-state index contributed by atoms with van der Waals surface area (Å²) in [6.45, 7) is 6.47. The second kappa shape index (κ2) is 6.55. The molecule has 0 aliphatic heterocycles. The molecule has 0 unspecified atom stereocenters. The summed E-state index contributed by atoms with van der Waals surface area (Å²) in [6.07, 6.45) is 3.04. The fourth-order valence-corrected chi connectivity index (χ4v) is 3.91. The Morgan fingerprint density at radius 2 is 1.96 bits per heavy atom. The molecule has 0 aliphatic carbocycles. The predicted molar refractivity (Wildman–Crippen MR) is 108 cm³/mol. The highest BCUT2D eigenvalue weighted by Gasteiger charge is 2.23. The molecular weight excluding hydrogens is 332 g/mol. The van der Waals surface area contributed by atoms with Gasteiger partial charge in [0.2, 0.25) is 5.69 Å². The lowest BCUT2D eigenvalue weighted by Crippen LogP contribution is -2.30. The Hall–Kier alpha value is -3.12. The molecule has 27 heavy (non-hydrogen) atoms. The smallest absolute Gasteiger partial charge is 0.216 e. The van der Waals surface area contributed by atoms with E-state index in [-0.39, 0.29) is 0 Å². The third-order valence-corrected chi connectivity index (χ3v) is 5.08. The van der Waals surface area contributed by atoms with Crippen LogP contribution < -0.4 is 4.57 Å². The van der Waals surface area contributed by atoms with Gasteiger partial charge in [-0.1, -0.05) is 26.0 Å². The molecule has 4 aromatic rings. The molecule has 0 spiro atoms. The van der Waals surface area contributed by atoms with Crippen LogP contribution in [0.1, 0.15) is 30.5 Å². The Kier molecular flexibility index (Phi) is 4.20. The van der Waals surface area contributed by atoms with Crippen LogP contribution in [0.3, 0.4) is 0 Å². The van der Waals surface area contributed by atoms with Gasteiger partial charge in [0.05, 0.1) is 17.2 Å². The molecule has 0 radical (unpaired) electrons. The summed E-state index contributed by atoms with van der Waals surface area (Å²) < 4.78 is 8.46. The number of fused-ring (bicyclic) bond motifs is 3. The minimum Gasteiger partial charge on any atom is -0.455 e. The van der Waals surface area contributed by atoms with Crippen LogP contribution >= 0.6 is 0 Å². The zero-order valence-corrected chi connectivity index (χ0v) is 16.2. The van der Waals surface area contributed by atoms with Gasteiger partial charge in [0.25, 0.3) is 0 Å². The number of furan rings is 1. The second-order valence-corrected chi connectivity index (χ2v) is 7.66. The van der Waals surface area contributed by atoms with Crippen LogP contribution in [0.5, 0.6) is 0 Å². The second-order valence-electron chi connectivity index (χ2n) is 7.66. The quantitative estimate of drug-likeness (QED) is 0.458. The topological polar surface area (TPSA) is 40.8 Å². The fourth-order valence-electron chi connectivity index (χ4n) is 3.91. The van der Waals surface area contributed by atoms with Gasteiger partial charge in [-0.3, -0.25) is 0 Å². The number of hydrogen-bond acceptors (Lipinski definition) is 2. The number of hydrogen-bond donors (Lipinski definition) is 0. The first-order valence-corrected chi connectivity index (χ1v) is 9.33. The Bertz CT molecular complexity index is 1210. The van der Waals surface area contributed by atoms with E-state index in [1.54, 1.807) is 0 Å². The molecule has 0 N–H and O–H groups in total. The van der Waals surface area contributed by atoms with Crippen molar-refractivity contribution in [2.24, 2.45) is 13.0 Å². The highest BCUT2D eigenvalue weighted by molar-refractivity contribution is 6.12. The molecular formula is C24H23N2O+. The van der Waals surface area contributed by atoms with E-state index in [1.807, 2.05) is 38.4 Å². The number of nitrogens with zero attached hydrogens (tertiary/aromatic N) is 2. The van der Waals surface area contributed by atoms with Crippen LogP contribution in [0.25, 0.3) is 33.2 Å². The summed E-state index contributed by atoms with van der Waals surface area (Å²) in [5, 5.41) is 11.6. The van der Waals surface area contributed by atoms with Crippen LogP contribution in [0.4, 0.5) is 0 Å². The molecule has 0 saturated carbocycles. The summed E-state index contributed by atoms with van der Waals surface area (Å²) in [4.78, 5) is 0. The fraction of sp³-hybridized carbons (Fsp3) is 0.250. The number of aryl methyl sites for hydroxylation is 2. The van der Waals surface area contributed by atoms with Crippen molar-refractivity contribution < 1.29 is 8.98 Å². The van der Waals surface area contributed by atoms with Crippen molar-refractivity contribution in [3.8, 4) is 17.3 Å². The molecule has 0 saturated heterocycles. The lowest BCUT2D eigenvalue weighted by atomic mass is 9.96. The number of nitriles is 1. The molecule has 3 nitrogen and oxygen atoms in total. The summed E-state index contributed by atoms with van der Waals surface area (Å²) >= 11 is 0. The summed E-state index contributed by atoms with van der Waals surface area (Å²) in [5.41, 5.74) is 6.75. The van der Waals surface area contributed by atoms with Crippen molar-refractivity contribution in [1.82, 2.24) is 0 Å². The lowest BCUT2D eigenvalue weighted by Gasteiger charge is -2.06. The minimum absolute atomic E-state index is 0.586. The standard InChI is InChI=1S/C24H23N2O/c1-15(2)11-17-8-9-19-21(13-17)27-24-22(20-7-5-6-10-26(20)4)16(3)12-18(14-25)23(19)24/h5-10,12-13,15H,11H2,1-4H3/q+1. The maximum Gasteiger partial charge on any atom is 0.216 e. The average molecular weight is 355 g/mol. The van der Waals surface area contributed by atoms with Crippen molar-refractivity contribution in [1.29, 1.82) is 5.26 Å². The SMILES string of the molecule is Cc1cc(C#N)c2c(oc3cc(CC(C)C)ccc32)c1-c1cccc[n+]1C. The first-order valence-electron chi connectivity index (χ1n) is 9.33. The number of pyridine rings is 1. The lowest BCUT2D eigenvalue weighted by molar-refractivity contribution is -0.660. The van der Waals surface area contributed by atoms with Gasteiger partial charge in [-0.25, -0.2) is 4.57 Å². The summed E-state index contributed by atoms with van der Waals surface area (Å²) in [7, 11) is 2.03. The van der Waals surface area contributed by atoms with Gasteiger partial charge in [-0.15, -0.1) is 0 Å². The van der Waals surface area contributed by atoms with Gasteiger partial charge in [0.15, 0.2) is 11.8 Å². The highest BCUT2D eigenvalue weighted by atomic mass is 16.3. The van der Waals surface area contributed by atoms with Crippen LogP contribution in [0.15, 0.2) is 53.1 Å². The molecule has 4 rings (SSSR count). The van der Waals surface area contributed by atoms with E-state index in [9.17, 15) is 5.26 Å². The molecule has 0 fully saturated rings. The maximum absolute atomic E-state index is 9.73. The van der Waals surface area contributed by atoms with E-state index in [4.69, 9.17) is 4.42 Å². The molecule has 0 atom stereocenters. The average Bonchev–Trinajstić information content (AvgIpc) is 3.00. The first kappa shape index (κ1) is 17.3. The molecule has 3 heteroatoms. The normalized spacial score (nSPS) is 11.4. The number of benzene rings is 2. The number of rotatable bonds is 3. The minimum atomic E-state index is 0.586. The van der Waals surface area contributed by atoms with E-state index < -0.39 is 0 Å². The third-order valence-electron chi connectivity index (χ3n) is 5.08. The largest absolute Gasteiger partial charge is 0.455 e. The maximum atomic E-state index is 9.73. The van der Waals surface area contributed by atoms with Crippen molar-refractivity contribution in [3.05, 3.63) is 65.4 Å². The van der Waals surface area contributed by atoms with Crippen molar-refractivity contribution in [3.63, 3.8) is 0 Å². The van der Waals surface area contributed by atoms with Crippen LogP contribution in [0, 0.1) is 24.2 Å². The van der Waals surface area contributed by atoms with Crippen LogP contribution in [-0.4, -0.2) is 0 Å². The molecule has 0 amide bonds. The first-order chi connectivity index (χ1) is 13.0. The van der Waals surface area contributed by atoms with Crippen molar-refractivity contribution in [2.45, 2.75) is 27.2 Å². The van der Waals surface area contributed by atoms with Crippen LogP contribution in [-0.2, 0) is 13.5 Å². The monoisotopic (exact) mass is 355 g/mol. The van der Waals surface area contributed by atoms with Gasteiger partial charge in [0.1, 0.15) is 12.6 Å². The zero-order chi connectivity index (χ0) is 19.1. The highest BCUT2D eigenvalue weighted by Crippen LogP contribution is 2.39. The molecule has 2 aromatic heterocycles. The summed E-state index contributed by atoms with van der Waals surface area (Å²) in [5.74, 6) is 0.586. The van der Waals surface area contributed by atoms with Gasteiger partial charge < -0.3 is 4.42 Å². The predicted octanol–water partition coefficient (Wildman–Crippen LogP) is 5.46. The molecule has 2 aromatic carbocycles. The molecule has 0 bridgehead atoms. The molecule has 134 valence electrons. The molecule has 0 aliphatic rings. The van der Waals surface area contributed by atoms with E-state index in [0.717, 1.165) is 45.2 Å². The Labute approximate surface area is 159 Å². The molecule has 2 heterocycles. The van der Waals surface area contributed by atoms with Gasteiger partial charge in [-0.2, -0.15) is 5.26 Å². The van der Waals surface area contributed by atoms with Gasteiger partial charge >= 0.3 is 0 Å². The van der Waals surface area contributed by atoms with E-state index in [0.29, 0.717) is 11.5 Å². The van der Waals surface area contributed by atoms with Crippen molar-refractivity contribution in [2.75, 3.05) is 0 Å². The van der Waals surface area contributed by atoms with E-state index in [2.05, 4.69) is 48.7 Å². The van der Waals surface area contributed by atoms with E-state index >= 15 is 0 Å². The van der Waals surface area contributed by atoms with Crippen LogP contribution in [0.2, 0.25) is 0 Å². The summed E-state index contributed by atoms with van der Waals surface area (Å²) in [6, 6.07) is 16.8. The Morgan fingerprint density at radius 3 is 2.67 bits per heavy atom. The zero-order valence-electron chi connectivity index (χ0n) is 16.2. The Morgan fingerprint density at radius 1 is 1.15 bits per heavy atom. The van der Waals surface area contributed by atoms with Crippen molar-refractivity contribution >= 4 is 21.9 Å². The Balaban J connectivity index is 2.09. The van der Waals surface area contributed by atoms with Gasteiger partial charge in [-0.05, 0) is 48.6 Å². The van der Waals surface area contributed by atoms with E-state index in [1.165, 1.54) is 5.56 Å². The van der Waals surface area contributed by atoms with Gasteiger partial charge in [0, 0.05) is 22.9 Å². The number of aromatic nitrogens is 1. The third kappa shape index (κ3) is 2.88.